The second-order valence-corrected chi connectivity index (χ2v) is 8.16. The van der Waals surface area contributed by atoms with Gasteiger partial charge in [0.25, 0.3) is 0 Å². The number of hydrogen-bond donors (Lipinski definition) is 3. The summed E-state index contributed by atoms with van der Waals surface area (Å²) >= 11 is 0. The quantitative estimate of drug-likeness (QED) is 0.527. The van der Waals surface area contributed by atoms with E-state index < -0.39 is 53.3 Å². The number of carbonyl (C=O) groups excluding carboxylic acids is 1. The third kappa shape index (κ3) is 1.34. The fourth-order valence-corrected chi connectivity index (χ4v) is 5.65. The van der Waals surface area contributed by atoms with Crippen molar-refractivity contribution in [3.63, 3.8) is 0 Å². The van der Waals surface area contributed by atoms with Crippen molar-refractivity contribution >= 4 is 16.6 Å². The Kier molecular flexibility index (Phi) is 2.43. The Morgan fingerprint density at radius 1 is 0.964 bits per heavy atom. The molecule has 5 aliphatic rings. The smallest absolute Gasteiger partial charge is 0.320 e. The number of aliphatic hydroxyl groups is 3. The number of hydrogen-bond acceptors (Lipinski definition) is 8. The Hall–Kier alpha value is -2.23. The normalized spacial score (nSPS) is 46.1. The third-order valence-electron chi connectivity index (χ3n) is 6.91. The van der Waals surface area contributed by atoms with Crippen LogP contribution in [0.3, 0.4) is 0 Å². The van der Waals surface area contributed by atoms with Gasteiger partial charge in [-0.25, -0.2) is 0 Å². The van der Waals surface area contributed by atoms with E-state index in [2.05, 4.69) is 0 Å². The van der Waals surface area contributed by atoms with Gasteiger partial charge in [-0.15, -0.1) is 0 Å². The summed E-state index contributed by atoms with van der Waals surface area (Å²) in [4.78, 5) is 13.2. The topological polar surface area (TPSA) is 121 Å². The summed E-state index contributed by atoms with van der Waals surface area (Å²) in [6, 6.07) is 11.1. The Labute approximate surface area is 158 Å². The summed E-state index contributed by atoms with van der Waals surface area (Å²) < 4.78 is 24.2. The maximum atomic E-state index is 13.2. The zero-order valence-electron chi connectivity index (χ0n) is 14.4. The molecule has 1 spiro atoms. The van der Waals surface area contributed by atoms with Crippen LogP contribution in [0.2, 0.25) is 0 Å². The number of epoxide rings is 2. The van der Waals surface area contributed by atoms with Crippen molar-refractivity contribution in [3.05, 3.63) is 36.4 Å². The van der Waals surface area contributed by atoms with Gasteiger partial charge in [0.2, 0.25) is 5.60 Å². The first-order chi connectivity index (χ1) is 13.5. The van der Waals surface area contributed by atoms with E-state index >= 15 is 0 Å². The first kappa shape index (κ1) is 15.7. The average molecular weight is 384 g/mol. The molecule has 2 aliphatic carbocycles. The molecule has 7 atom stereocenters. The Balaban J connectivity index is 1.48. The largest absolute Gasteiger partial charge is 0.446 e. The zero-order chi connectivity index (χ0) is 19.1. The van der Waals surface area contributed by atoms with E-state index in [1.165, 1.54) is 0 Å². The van der Waals surface area contributed by atoms with Gasteiger partial charge in [-0.1, -0.05) is 24.3 Å². The summed E-state index contributed by atoms with van der Waals surface area (Å²) in [6.07, 6.45) is -5.89. The van der Waals surface area contributed by atoms with Crippen molar-refractivity contribution in [2.24, 2.45) is 0 Å². The van der Waals surface area contributed by atoms with Crippen molar-refractivity contribution in [1.82, 2.24) is 0 Å². The van der Waals surface area contributed by atoms with Crippen molar-refractivity contribution in [3.8, 4) is 11.5 Å². The van der Waals surface area contributed by atoms with Crippen LogP contribution in [-0.2, 0) is 14.3 Å². The number of carbonyl (C=O) groups is 1. The minimum Gasteiger partial charge on any atom is -0.446 e. The maximum Gasteiger partial charge on any atom is 0.320 e. The molecule has 3 aliphatic heterocycles. The van der Waals surface area contributed by atoms with E-state index in [0.717, 1.165) is 10.8 Å². The molecule has 28 heavy (non-hydrogen) atoms. The lowest BCUT2D eigenvalue weighted by Gasteiger charge is -2.47. The standard InChI is InChI=1S/C20H16O8/c21-9-7-12(22)19-18(28-19,15(9)23)16(24)14-17(25-14)20(19)26-10-5-1-3-8-4-2-6-11(27-20)13(8)10/h1-6,9,14-17,21,23-24H,7H2/t9-,14-,15+,16+,17-,18+,19+/m1/s1. The minimum atomic E-state index is -1.76. The van der Waals surface area contributed by atoms with Crippen molar-refractivity contribution in [1.29, 1.82) is 0 Å². The van der Waals surface area contributed by atoms with Crippen molar-refractivity contribution in [2.45, 2.75) is 53.9 Å². The lowest BCUT2D eigenvalue weighted by Crippen LogP contribution is -2.76. The summed E-state index contributed by atoms with van der Waals surface area (Å²) in [5.74, 6) is -1.14. The molecule has 2 saturated heterocycles. The Bertz CT molecular complexity index is 1040. The SMILES string of the molecule is O=C1C[C@@H](O)[C@H](O)[C@@]23O[C@@]12C1(Oc2cccc4cccc(c24)O1)[C@@H]1O[C@@H]1[C@@H]3O. The van der Waals surface area contributed by atoms with E-state index in [9.17, 15) is 20.1 Å². The predicted octanol–water partition coefficient (Wildman–Crippen LogP) is -0.348. The molecule has 0 amide bonds. The average Bonchev–Trinajstić information content (AvgIpc) is 3.58. The molecule has 0 bridgehead atoms. The lowest BCUT2D eigenvalue weighted by molar-refractivity contribution is -0.201. The Morgan fingerprint density at radius 3 is 2.32 bits per heavy atom. The summed E-state index contributed by atoms with van der Waals surface area (Å²) in [7, 11) is 0. The molecule has 8 heteroatoms. The van der Waals surface area contributed by atoms with Gasteiger partial charge in [-0.2, -0.15) is 0 Å². The fourth-order valence-electron chi connectivity index (χ4n) is 5.65. The second-order valence-electron chi connectivity index (χ2n) is 8.16. The minimum absolute atomic E-state index is 0.326. The van der Waals surface area contributed by atoms with Crippen LogP contribution < -0.4 is 9.47 Å². The third-order valence-corrected chi connectivity index (χ3v) is 6.91. The number of ketones is 1. The first-order valence-corrected chi connectivity index (χ1v) is 9.29. The highest BCUT2D eigenvalue weighted by atomic mass is 16.8. The van der Waals surface area contributed by atoms with Crippen LogP contribution in [0.4, 0.5) is 0 Å². The van der Waals surface area contributed by atoms with Crippen molar-refractivity contribution in [2.75, 3.05) is 0 Å². The van der Waals surface area contributed by atoms with Crippen LogP contribution in [-0.4, -0.2) is 68.6 Å². The molecular formula is C20H16O8. The maximum absolute atomic E-state index is 13.2. The van der Waals surface area contributed by atoms with Crippen LogP contribution >= 0.6 is 0 Å². The molecule has 0 aromatic heterocycles. The van der Waals surface area contributed by atoms with E-state index in [-0.39, 0.29) is 6.42 Å². The van der Waals surface area contributed by atoms with Gasteiger partial charge in [0.15, 0.2) is 17.5 Å². The van der Waals surface area contributed by atoms with Gasteiger partial charge in [0.1, 0.15) is 29.8 Å². The van der Waals surface area contributed by atoms with Gasteiger partial charge in [-0.3, -0.25) is 4.79 Å². The highest BCUT2D eigenvalue weighted by Gasteiger charge is 3.00. The monoisotopic (exact) mass is 384 g/mol. The van der Waals surface area contributed by atoms with Crippen LogP contribution in [0, 0.1) is 0 Å². The van der Waals surface area contributed by atoms with Gasteiger partial charge in [-0.05, 0) is 17.5 Å². The summed E-state index contributed by atoms with van der Waals surface area (Å²) in [5.41, 5.74) is -3.48. The molecule has 2 aromatic carbocycles. The molecule has 2 saturated carbocycles. The lowest BCUT2D eigenvalue weighted by atomic mass is 9.63. The second kappa shape index (κ2) is 4.34. The predicted molar refractivity (Wildman–Crippen MR) is 90.8 cm³/mol. The van der Waals surface area contributed by atoms with Crippen molar-refractivity contribution < 1.29 is 39.1 Å². The number of fused-ring (bicyclic) bond motifs is 2. The molecule has 2 aromatic rings. The number of Topliss-reactive ketones (excluding diaryl/α,β-unsaturated/α-hetero) is 1. The van der Waals surface area contributed by atoms with Crippen LogP contribution in [0.25, 0.3) is 10.8 Å². The highest BCUT2D eigenvalue weighted by Crippen LogP contribution is 2.72. The first-order valence-electron chi connectivity index (χ1n) is 9.29. The summed E-state index contributed by atoms with van der Waals surface area (Å²) in [5, 5.41) is 33.4. The summed E-state index contributed by atoms with van der Waals surface area (Å²) in [6.45, 7) is 0. The highest BCUT2D eigenvalue weighted by molar-refractivity contribution is 5.98. The van der Waals surface area contributed by atoms with Crippen LogP contribution in [0.5, 0.6) is 11.5 Å². The number of aliphatic hydroxyl groups excluding tert-OH is 3. The molecule has 0 radical (unpaired) electrons. The molecule has 144 valence electrons. The molecule has 3 heterocycles. The van der Waals surface area contributed by atoms with E-state index in [1.54, 1.807) is 12.1 Å². The molecule has 3 N–H and O–H groups in total. The molecule has 0 unspecified atom stereocenters. The number of rotatable bonds is 0. The molecule has 8 nitrogen and oxygen atoms in total. The van der Waals surface area contributed by atoms with Gasteiger partial charge in [0, 0.05) is 6.42 Å². The zero-order valence-corrected chi connectivity index (χ0v) is 14.4. The fraction of sp³-hybridized carbons (Fsp3) is 0.450. The van der Waals surface area contributed by atoms with Gasteiger partial charge < -0.3 is 34.3 Å². The van der Waals surface area contributed by atoms with E-state index in [4.69, 9.17) is 18.9 Å². The van der Waals surface area contributed by atoms with E-state index in [0.29, 0.717) is 11.5 Å². The molecular weight excluding hydrogens is 368 g/mol. The van der Waals surface area contributed by atoms with Gasteiger partial charge >= 0.3 is 5.79 Å². The number of benzene rings is 2. The van der Waals surface area contributed by atoms with Gasteiger partial charge in [0.05, 0.1) is 11.5 Å². The van der Waals surface area contributed by atoms with Crippen LogP contribution in [0.1, 0.15) is 6.42 Å². The number of ether oxygens (including phenoxy) is 4. The Morgan fingerprint density at radius 2 is 1.64 bits per heavy atom. The van der Waals surface area contributed by atoms with E-state index in [1.807, 2.05) is 24.3 Å². The molecule has 7 rings (SSSR count). The molecule has 4 fully saturated rings. The van der Waals surface area contributed by atoms with Crippen LogP contribution in [0.15, 0.2) is 36.4 Å².